The minimum Gasteiger partial charge on any atom is -0.126 e. The van der Waals surface area contributed by atoms with Crippen molar-refractivity contribution < 1.29 is 0 Å². The van der Waals surface area contributed by atoms with Crippen LogP contribution in [0.4, 0.5) is 0 Å². The summed E-state index contributed by atoms with van der Waals surface area (Å²) in [4.78, 5) is 0. The summed E-state index contributed by atoms with van der Waals surface area (Å²) in [6.07, 6.45) is 3.80. The topological polar surface area (TPSA) is 0 Å². The number of hydrogen-bond acceptors (Lipinski definition) is 0. The number of halogens is 2. The molecule has 3 fully saturated rings. The summed E-state index contributed by atoms with van der Waals surface area (Å²) >= 11 is 11.9. The summed E-state index contributed by atoms with van der Waals surface area (Å²) in [5.41, 5.74) is 2.35. The third-order valence-electron chi connectivity index (χ3n) is 3.86. The van der Waals surface area contributed by atoms with Crippen LogP contribution in [0.15, 0.2) is 24.3 Å². The highest BCUT2D eigenvalue weighted by molar-refractivity contribution is 6.30. The number of alkyl halides is 1. The van der Waals surface area contributed by atoms with Crippen molar-refractivity contribution in [3.05, 3.63) is 34.9 Å². The fraction of sp³-hybridized carbons (Fsp3) is 0.500. The first kappa shape index (κ1) is 9.06. The molecule has 1 aromatic rings. The third-order valence-corrected chi connectivity index (χ3v) is 4.66. The van der Waals surface area contributed by atoms with E-state index >= 15 is 0 Å². The molecule has 74 valence electrons. The lowest BCUT2D eigenvalue weighted by Crippen LogP contribution is -2.65. The molecule has 3 saturated carbocycles. The van der Waals surface area contributed by atoms with Crippen LogP contribution in [0.3, 0.4) is 0 Å². The first-order valence-corrected chi connectivity index (χ1v) is 5.91. The molecule has 0 aromatic heterocycles. The summed E-state index contributed by atoms with van der Waals surface area (Å²) in [5, 5.41) is 0.854. The zero-order valence-electron chi connectivity index (χ0n) is 7.89. The molecular formula is C12H12Cl2. The van der Waals surface area contributed by atoms with Crippen LogP contribution < -0.4 is 0 Å². The van der Waals surface area contributed by atoms with E-state index in [9.17, 15) is 0 Å². The van der Waals surface area contributed by atoms with E-state index in [1.165, 1.54) is 24.8 Å². The van der Waals surface area contributed by atoms with E-state index in [2.05, 4.69) is 12.1 Å². The highest BCUT2D eigenvalue weighted by Gasteiger charge is 2.67. The lowest BCUT2D eigenvalue weighted by Gasteiger charge is -2.71. The van der Waals surface area contributed by atoms with E-state index in [0.717, 1.165) is 10.9 Å². The summed E-state index contributed by atoms with van der Waals surface area (Å²) in [6, 6.07) is 8.29. The molecule has 0 saturated heterocycles. The van der Waals surface area contributed by atoms with E-state index in [4.69, 9.17) is 23.2 Å². The van der Waals surface area contributed by atoms with Crippen LogP contribution in [0.5, 0.6) is 0 Å². The second-order valence-corrected chi connectivity index (χ2v) is 5.66. The van der Waals surface area contributed by atoms with Gasteiger partial charge in [0.1, 0.15) is 0 Å². The van der Waals surface area contributed by atoms with E-state index in [-0.39, 0.29) is 0 Å². The SMILES string of the molecule is ClCC12CC(c3cccc(Cl)c3)(C1)C2. The van der Waals surface area contributed by atoms with Crippen LogP contribution in [-0.2, 0) is 5.41 Å². The van der Waals surface area contributed by atoms with Crippen molar-refractivity contribution >= 4 is 23.2 Å². The van der Waals surface area contributed by atoms with Crippen molar-refractivity contribution in [2.24, 2.45) is 5.41 Å². The van der Waals surface area contributed by atoms with Gasteiger partial charge in [0.15, 0.2) is 0 Å². The molecule has 0 heterocycles. The standard InChI is InChI=1S/C12H12Cl2/c13-8-11-5-12(6-11,7-11)9-2-1-3-10(14)4-9/h1-4H,5-8H2. The maximum absolute atomic E-state index is 5.99. The van der Waals surface area contributed by atoms with Crippen molar-refractivity contribution in [2.75, 3.05) is 5.88 Å². The smallest absolute Gasteiger partial charge is 0.0408 e. The first-order chi connectivity index (χ1) is 6.68. The lowest BCUT2D eigenvalue weighted by molar-refractivity contribution is -0.122. The first-order valence-electron chi connectivity index (χ1n) is 5.00. The second kappa shape index (κ2) is 2.68. The molecule has 0 unspecified atom stereocenters. The maximum atomic E-state index is 5.99. The highest BCUT2D eigenvalue weighted by Crippen LogP contribution is 2.73. The zero-order valence-corrected chi connectivity index (χ0v) is 9.41. The molecule has 0 nitrogen and oxygen atoms in total. The van der Waals surface area contributed by atoms with Crippen molar-refractivity contribution in [3.8, 4) is 0 Å². The fourth-order valence-electron chi connectivity index (χ4n) is 3.26. The minimum atomic E-state index is 0.444. The lowest BCUT2D eigenvalue weighted by atomic mass is 9.34. The van der Waals surface area contributed by atoms with Gasteiger partial charge in [-0.25, -0.2) is 0 Å². The van der Waals surface area contributed by atoms with E-state index in [1.54, 1.807) is 0 Å². The average molecular weight is 227 g/mol. The van der Waals surface area contributed by atoms with Gasteiger partial charge in [-0.2, -0.15) is 0 Å². The highest BCUT2D eigenvalue weighted by atomic mass is 35.5. The number of rotatable bonds is 2. The Hall–Kier alpha value is -0.200. The van der Waals surface area contributed by atoms with Crippen LogP contribution in [0, 0.1) is 5.41 Å². The molecule has 14 heavy (non-hydrogen) atoms. The van der Waals surface area contributed by atoms with Gasteiger partial charge in [0, 0.05) is 10.9 Å². The van der Waals surface area contributed by atoms with Gasteiger partial charge in [0.2, 0.25) is 0 Å². The molecule has 0 N–H and O–H groups in total. The second-order valence-electron chi connectivity index (χ2n) is 4.95. The normalized spacial score (nSPS) is 38.7. The largest absolute Gasteiger partial charge is 0.126 e. The molecular weight excluding hydrogens is 215 g/mol. The molecule has 3 aliphatic carbocycles. The predicted octanol–water partition coefficient (Wildman–Crippen LogP) is 4.00. The van der Waals surface area contributed by atoms with Crippen LogP contribution in [0.2, 0.25) is 5.02 Å². The van der Waals surface area contributed by atoms with Crippen LogP contribution in [-0.4, -0.2) is 5.88 Å². The minimum absolute atomic E-state index is 0.444. The van der Waals surface area contributed by atoms with Gasteiger partial charge in [0.05, 0.1) is 0 Å². The Morgan fingerprint density at radius 2 is 1.93 bits per heavy atom. The average Bonchev–Trinajstić information content (AvgIpc) is 2.00. The summed E-state index contributed by atoms with van der Waals surface area (Å²) in [7, 11) is 0. The van der Waals surface area contributed by atoms with Gasteiger partial charge in [-0.3, -0.25) is 0 Å². The van der Waals surface area contributed by atoms with Crippen molar-refractivity contribution in [2.45, 2.75) is 24.7 Å². The van der Waals surface area contributed by atoms with Gasteiger partial charge in [-0.15, -0.1) is 11.6 Å². The monoisotopic (exact) mass is 226 g/mol. The van der Waals surface area contributed by atoms with Gasteiger partial charge in [-0.1, -0.05) is 23.7 Å². The van der Waals surface area contributed by atoms with Crippen LogP contribution in [0.25, 0.3) is 0 Å². The number of hydrogen-bond donors (Lipinski definition) is 0. The zero-order chi connectivity index (χ0) is 9.81. The van der Waals surface area contributed by atoms with Gasteiger partial charge >= 0.3 is 0 Å². The summed E-state index contributed by atoms with van der Waals surface area (Å²) in [6.45, 7) is 0. The molecule has 0 spiro atoms. The quantitative estimate of drug-likeness (QED) is 0.670. The van der Waals surface area contributed by atoms with Gasteiger partial charge in [-0.05, 0) is 47.8 Å². The van der Waals surface area contributed by atoms with Crippen molar-refractivity contribution in [3.63, 3.8) is 0 Å². The molecule has 0 radical (unpaired) electrons. The Balaban J connectivity index is 1.87. The van der Waals surface area contributed by atoms with E-state index in [1.807, 2.05) is 12.1 Å². The third kappa shape index (κ3) is 1.02. The van der Waals surface area contributed by atoms with Gasteiger partial charge in [0.25, 0.3) is 0 Å². The Morgan fingerprint density at radius 3 is 2.50 bits per heavy atom. The molecule has 4 rings (SSSR count). The predicted molar refractivity (Wildman–Crippen MR) is 60.1 cm³/mol. The summed E-state index contributed by atoms with van der Waals surface area (Å²) < 4.78 is 0. The fourth-order valence-corrected chi connectivity index (χ4v) is 3.74. The maximum Gasteiger partial charge on any atom is 0.0408 e. The van der Waals surface area contributed by atoms with Crippen molar-refractivity contribution in [1.82, 2.24) is 0 Å². The molecule has 0 atom stereocenters. The van der Waals surface area contributed by atoms with E-state index in [0.29, 0.717) is 10.8 Å². The molecule has 3 aliphatic rings. The van der Waals surface area contributed by atoms with E-state index < -0.39 is 0 Å². The Morgan fingerprint density at radius 1 is 1.21 bits per heavy atom. The molecule has 0 aliphatic heterocycles. The van der Waals surface area contributed by atoms with Crippen LogP contribution in [0.1, 0.15) is 24.8 Å². The molecule has 1 aromatic carbocycles. The Labute approximate surface area is 94.2 Å². The summed E-state index contributed by atoms with van der Waals surface area (Å²) in [5.74, 6) is 0.829. The Kier molecular flexibility index (Phi) is 1.73. The molecule has 2 bridgehead atoms. The van der Waals surface area contributed by atoms with Crippen molar-refractivity contribution in [1.29, 1.82) is 0 Å². The number of benzene rings is 1. The van der Waals surface area contributed by atoms with Crippen LogP contribution >= 0.6 is 23.2 Å². The van der Waals surface area contributed by atoms with Gasteiger partial charge < -0.3 is 0 Å². The Bertz CT molecular complexity index is 364. The molecule has 2 heteroatoms. The molecule has 0 amide bonds.